The first-order chi connectivity index (χ1) is 9.91. The molecule has 0 radical (unpaired) electrons. The topological polar surface area (TPSA) is 92.9 Å². The van der Waals surface area contributed by atoms with Crippen LogP contribution in [0.5, 0.6) is 0 Å². The number of rotatable bonds is 6. The molecule has 2 N–H and O–H groups in total. The van der Waals surface area contributed by atoms with E-state index in [9.17, 15) is 14.7 Å². The van der Waals surface area contributed by atoms with E-state index in [-0.39, 0.29) is 6.10 Å². The second-order valence-electron chi connectivity index (χ2n) is 5.53. The maximum Gasteiger partial charge on any atom is 0.329 e. The maximum absolute atomic E-state index is 11.9. The van der Waals surface area contributed by atoms with Crippen LogP contribution in [0.4, 0.5) is 0 Å². The number of hydrogen-bond acceptors (Lipinski definition) is 4. The quantitative estimate of drug-likeness (QED) is 0.756. The molecule has 2 rings (SSSR count). The van der Waals surface area contributed by atoms with Gasteiger partial charge in [0.05, 0.1) is 6.10 Å². The molecule has 2 heterocycles. The van der Waals surface area contributed by atoms with Crippen molar-refractivity contribution in [2.45, 2.75) is 45.1 Å². The van der Waals surface area contributed by atoms with Gasteiger partial charge in [-0.1, -0.05) is 12.8 Å². The van der Waals surface area contributed by atoms with Crippen LogP contribution < -0.4 is 11.2 Å². The largest absolute Gasteiger partial charge is 0.393 e. The van der Waals surface area contributed by atoms with Gasteiger partial charge < -0.3 is 9.67 Å². The molecule has 116 valence electrons. The monoisotopic (exact) mass is 294 g/mol. The van der Waals surface area contributed by atoms with Gasteiger partial charge in [-0.2, -0.15) is 0 Å². The minimum Gasteiger partial charge on any atom is -0.393 e. The summed E-state index contributed by atoms with van der Waals surface area (Å²) in [6.45, 7) is 1.79. The molecule has 7 heteroatoms. The molecule has 1 unspecified atom stereocenters. The van der Waals surface area contributed by atoms with Gasteiger partial charge in [0.25, 0.3) is 5.56 Å². The highest BCUT2D eigenvalue weighted by Gasteiger charge is 2.14. The van der Waals surface area contributed by atoms with Crippen LogP contribution in [0.1, 0.15) is 38.4 Å². The van der Waals surface area contributed by atoms with E-state index in [1.165, 1.54) is 4.57 Å². The Morgan fingerprint density at radius 1 is 1.19 bits per heavy atom. The van der Waals surface area contributed by atoms with Gasteiger partial charge in [0.2, 0.25) is 0 Å². The molecule has 0 bridgehead atoms. The van der Waals surface area contributed by atoms with Crippen molar-refractivity contribution in [3.8, 4) is 0 Å². The number of H-pyrrole nitrogens is 1. The Balaban J connectivity index is 2.17. The smallest absolute Gasteiger partial charge is 0.329 e. The van der Waals surface area contributed by atoms with E-state index in [1.54, 1.807) is 25.6 Å². The summed E-state index contributed by atoms with van der Waals surface area (Å²) >= 11 is 0. The molecule has 0 saturated carbocycles. The molecular formula is C14H22N4O3. The number of unbranched alkanes of at least 4 members (excludes halogenated alkanes) is 2. The molecule has 0 amide bonds. The van der Waals surface area contributed by atoms with Crippen LogP contribution in [0, 0.1) is 0 Å². The summed E-state index contributed by atoms with van der Waals surface area (Å²) in [7, 11) is 3.39. The van der Waals surface area contributed by atoms with Gasteiger partial charge in [0, 0.05) is 20.5 Å². The van der Waals surface area contributed by atoms with Gasteiger partial charge in [0.1, 0.15) is 5.82 Å². The van der Waals surface area contributed by atoms with Crippen molar-refractivity contribution in [1.29, 1.82) is 0 Å². The van der Waals surface area contributed by atoms with Crippen LogP contribution in [0.2, 0.25) is 0 Å². The molecule has 0 spiro atoms. The van der Waals surface area contributed by atoms with Crippen molar-refractivity contribution in [1.82, 2.24) is 19.1 Å². The van der Waals surface area contributed by atoms with E-state index in [0.29, 0.717) is 11.2 Å². The van der Waals surface area contributed by atoms with Crippen molar-refractivity contribution in [2.75, 3.05) is 0 Å². The number of hydrogen-bond donors (Lipinski definition) is 2. The Bertz CT molecular complexity index is 739. The van der Waals surface area contributed by atoms with Gasteiger partial charge in [-0.3, -0.25) is 14.3 Å². The summed E-state index contributed by atoms with van der Waals surface area (Å²) in [6.07, 6.45) is 4.21. The predicted octanol–water partition coefficient (Wildman–Crippen LogP) is 0.444. The zero-order valence-electron chi connectivity index (χ0n) is 12.7. The van der Waals surface area contributed by atoms with Crippen LogP contribution >= 0.6 is 0 Å². The van der Waals surface area contributed by atoms with E-state index in [1.807, 2.05) is 0 Å². The SMILES string of the molecule is CC(O)CCCCCc1nc2c(c(=O)[nH]c(=O)n2C)n1C. The molecule has 7 nitrogen and oxygen atoms in total. The maximum atomic E-state index is 11.9. The number of aromatic nitrogens is 4. The first kappa shape index (κ1) is 15.5. The van der Waals surface area contributed by atoms with E-state index < -0.39 is 11.2 Å². The Labute approximate surface area is 122 Å². The van der Waals surface area contributed by atoms with Crippen molar-refractivity contribution in [3.63, 3.8) is 0 Å². The summed E-state index contributed by atoms with van der Waals surface area (Å²) in [5.41, 5.74) is -0.00107. The number of aryl methyl sites for hydroxylation is 3. The molecule has 0 saturated heterocycles. The zero-order chi connectivity index (χ0) is 15.6. The van der Waals surface area contributed by atoms with Crippen molar-refractivity contribution >= 4 is 11.2 Å². The van der Waals surface area contributed by atoms with E-state index >= 15 is 0 Å². The number of aliphatic hydroxyl groups is 1. The molecular weight excluding hydrogens is 272 g/mol. The first-order valence-corrected chi connectivity index (χ1v) is 7.24. The first-order valence-electron chi connectivity index (χ1n) is 7.24. The lowest BCUT2D eigenvalue weighted by atomic mass is 10.1. The van der Waals surface area contributed by atoms with Crippen LogP contribution in [-0.2, 0) is 20.5 Å². The molecule has 0 aliphatic carbocycles. The van der Waals surface area contributed by atoms with Crippen molar-refractivity contribution < 1.29 is 5.11 Å². The molecule has 0 aromatic carbocycles. The van der Waals surface area contributed by atoms with Gasteiger partial charge in [-0.15, -0.1) is 0 Å². The van der Waals surface area contributed by atoms with Crippen molar-refractivity contribution in [3.05, 3.63) is 26.7 Å². The average molecular weight is 294 g/mol. The number of imidazole rings is 1. The molecule has 2 aromatic heterocycles. The average Bonchev–Trinajstić information content (AvgIpc) is 2.73. The Morgan fingerprint density at radius 2 is 1.90 bits per heavy atom. The lowest BCUT2D eigenvalue weighted by molar-refractivity contribution is 0.180. The normalized spacial score (nSPS) is 13.0. The minimum absolute atomic E-state index is 0.256. The van der Waals surface area contributed by atoms with E-state index in [0.717, 1.165) is 37.9 Å². The lowest BCUT2D eigenvalue weighted by Crippen LogP contribution is -2.29. The van der Waals surface area contributed by atoms with Crippen LogP contribution in [0.15, 0.2) is 9.59 Å². The highest BCUT2D eigenvalue weighted by Crippen LogP contribution is 2.12. The van der Waals surface area contributed by atoms with Gasteiger partial charge >= 0.3 is 5.69 Å². The summed E-state index contributed by atoms with van der Waals surface area (Å²) in [6, 6.07) is 0. The third kappa shape index (κ3) is 3.24. The molecule has 2 aromatic rings. The molecule has 21 heavy (non-hydrogen) atoms. The fourth-order valence-electron chi connectivity index (χ4n) is 2.48. The third-order valence-corrected chi connectivity index (χ3v) is 3.75. The highest BCUT2D eigenvalue weighted by molar-refractivity contribution is 5.70. The third-order valence-electron chi connectivity index (χ3n) is 3.75. The Hall–Kier alpha value is -1.89. The summed E-state index contributed by atoms with van der Waals surface area (Å²) in [5, 5.41) is 9.21. The molecule has 0 fully saturated rings. The van der Waals surface area contributed by atoms with Gasteiger partial charge in [0.15, 0.2) is 11.2 Å². The molecule has 1 atom stereocenters. The van der Waals surface area contributed by atoms with Crippen LogP contribution in [0.25, 0.3) is 11.2 Å². The predicted molar refractivity (Wildman–Crippen MR) is 80.4 cm³/mol. The van der Waals surface area contributed by atoms with E-state index in [4.69, 9.17) is 0 Å². The Morgan fingerprint density at radius 3 is 2.57 bits per heavy atom. The van der Waals surface area contributed by atoms with Crippen molar-refractivity contribution in [2.24, 2.45) is 14.1 Å². The minimum atomic E-state index is -0.450. The number of nitrogens with zero attached hydrogens (tertiary/aromatic N) is 3. The van der Waals surface area contributed by atoms with Gasteiger partial charge in [-0.05, 0) is 19.8 Å². The summed E-state index contributed by atoms with van der Waals surface area (Å²) in [5.74, 6) is 0.800. The summed E-state index contributed by atoms with van der Waals surface area (Å²) < 4.78 is 3.11. The number of aromatic amines is 1. The highest BCUT2D eigenvalue weighted by atomic mass is 16.3. The lowest BCUT2D eigenvalue weighted by Gasteiger charge is -2.04. The fraction of sp³-hybridized carbons (Fsp3) is 0.643. The number of fused-ring (bicyclic) bond motifs is 1. The molecule has 0 aliphatic rings. The number of aliphatic hydroxyl groups excluding tert-OH is 1. The standard InChI is InChI=1S/C14H22N4O3/c1-9(19)7-5-4-6-8-10-15-12-11(17(10)2)13(20)16-14(21)18(12)3/h9,19H,4-8H2,1-3H3,(H,16,20,21). The van der Waals surface area contributed by atoms with Crippen LogP contribution in [0.3, 0.4) is 0 Å². The second kappa shape index (κ2) is 6.26. The summed E-state index contributed by atoms with van der Waals surface area (Å²) in [4.78, 5) is 30.2. The van der Waals surface area contributed by atoms with Crippen LogP contribution in [-0.4, -0.2) is 30.3 Å². The second-order valence-corrected chi connectivity index (χ2v) is 5.53. The van der Waals surface area contributed by atoms with E-state index in [2.05, 4.69) is 9.97 Å². The zero-order valence-corrected chi connectivity index (χ0v) is 12.7. The Kier molecular flexibility index (Phi) is 4.62. The molecule has 0 aliphatic heterocycles. The fourth-order valence-corrected chi connectivity index (χ4v) is 2.48. The number of nitrogens with one attached hydrogen (secondary N) is 1. The van der Waals surface area contributed by atoms with Gasteiger partial charge in [-0.25, -0.2) is 9.78 Å².